The molecule has 1 saturated carbocycles. The van der Waals surface area contributed by atoms with Crippen molar-refractivity contribution in [3.8, 4) is 0 Å². The Balaban J connectivity index is 1.86. The van der Waals surface area contributed by atoms with Gasteiger partial charge < -0.3 is 10.6 Å². The van der Waals surface area contributed by atoms with Gasteiger partial charge in [-0.25, -0.2) is 4.98 Å². The monoisotopic (exact) mass is 275 g/mol. The highest BCUT2D eigenvalue weighted by Crippen LogP contribution is 2.34. The number of rotatable bonds is 2. The van der Waals surface area contributed by atoms with Crippen LogP contribution >= 0.6 is 11.3 Å². The first-order valence-corrected chi connectivity index (χ1v) is 7.84. The van der Waals surface area contributed by atoms with Crippen molar-refractivity contribution in [1.29, 1.82) is 0 Å². The van der Waals surface area contributed by atoms with E-state index < -0.39 is 0 Å². The van der Waals surface area contributed by atoms with Gasteiger partial charge in [0.15, 0.2) is 5.13 Å². The smallest absolute Gasteiger partial charge is 0.186 e. The molecule has 2 N–H and O–H groups in total. The molecule has 19 heavy (non-hydrogen) atoms. The summed E-state index contributed by atoms with van der Waals surface area (Å²) in [5.74, 6) is 0.839. The van der Waals surface area contributed by atoms with Crippen LogP contribution in [0.4, 0.5) is 10.8 Å². The number of benzene rings is 1. The highest BCUT2D eigenvalue weighted by Gasteiger charge is 2.24. The SMILES string of the molecule is CC1CCCC(N(C)c2nc3ccc(N)cc3s2)C1. The summed E-state index contributed by atoms with van der Waals surface area (Å²) in [6.45, 7) is 2.36. The van der Waals surface area contributed by atoms with Gasteiger partial charge in [0.05, 0.1) is 10.2 Å². The molecular weight excluding hydrogens is 254 g/mol. The first-order chi connectivity index (χ1) is 9.13. The number of anilines is 2. The van der Waals surface area contributed by atoms with Crippen molar-refractivity contribution in [2.75, 3.05) is 17.7 Å². The molecule has 0 spiro atoms. The van der Waals surface area contributed by atoms with Crippen LogP contribution in [0.2, 0.25) is 0 Å². The van der Waals surface area contributed by atoms with Crippen LogP contribution in [-0.4, -0.2) is 18.1 Å². The van der Waals surface area contributed by atoms with E-state index in [1.165, 1.54) is 30.4 Å². The topological polar surface area (TPSA) is 42.2 Å². The summed E-state index contributed by atoms with van der Waals surface area (Å²) in [6.07, 6.45) is 5.29. The van der Waals surface area contributed by atoms with E-state index in [0.717, 1.165) is 22.3 Å². The molecule has 0 bridgehead atoms. The third kappa shape index (κ3) is 2.54. The molecule has 1 aromatic carbocycles. The number of thiazole rings is 1. The molecule has 2 aromatic rings. The zero-order valence-corrected chi connectivity index (χ0v) is 12.4. The molecule has 1 aromatic heterocycles. The van der Waals surface area contributed by atoms with Crippen LogP contribution < -0.4 is 10.6 Å². The molecule has 0 radical (unpaired) electrons. The molecule has 1 aliphatic carbocycles. The van der Waals surface area contributed by atoms with Gasteiger partial charge in [-0.2, -0.15) is 0 Å². The molecule has 1 fully saturated rings. The van der Waals surface area contributed by atoms with Crippen LogP contribution in [0.15, 0.2) is 18.2 Å². The molecule has 1 aliphatic rings. The van der Waals surface area contributed by atoms with Crippen molar-refractivity contribution in [2.45, 2.75) is 38.6 Å². The van der Waals surface area contributed by atoms with Crippen molar-refractivity contribution in [3.63, 3.8) is 0 Å². The Bertz CT molecular complexity index is 578. The van der Waals surface area contributed by atoms with E-state index in [-0.39, 0.29) is 0 Å². The molecule has 0 aliphatic heterocycles. The Labute approximate surface area is 118 Å². The van der Waals surface area contributed by atoms with Gasteiger partial charge in [-0.3, -0.25) is 0 Å². The second kappa shape index (κ2) is 5.00. The molecule has 2 unspecified atom stereocenters. The first kappa shape index (κ1) is 12.7. The van der Waals surface area contributed by atoms with Gasteiger partial charge in [0.2, 0.25) is 0 Å². The summed E-state index contributed by atoms with van der Waals surface area (Å²) in [4.78, 5) is 7.11. The van der Waals surface area contributed by atoms with E-state index in [2.05, 4.69) is 18.9 Å². The number of fused-ring (bicyclic) bond motifs is 1. The normalized spacial score (nSPS) is 23.7. The van der Waals surface area contributed by atoms with Gasteiger partial charge >= 0.3 is 0 Å². The quantitative estimate of drug-likeness (QED) is 0.845. The predicted molar refractivity (Wildman–Crippen MR) is 83.9 cm³/mol. The van der Waals surface area contributed by atoms with Crippen LogP contribution in [0, 0.1) is 5.92 Å². The van der Waals surface area contributed by atoms with Crippen LogP contribution in [0.25, 0.3) is 10.2 Å². The second-order valence-electron chi connectivity index (χ2n) is 5.76. The summed E-state index contributed by atoms with van der Waals surface area (Å²) in [6, 6.07) is 6.60. The second-order valence-corrected chi connectivity index (χ2v) is 6.77. The van der Waals surface area contributed by atoms with Crippen molar-refractivity contribution in [2.24, 2.45) is 5.92 Å². The van der Waals surface area contributed by atoms with E-state index in [1.807, 2.05) is 18.2 Å². The maximum Gasteiger partial charge on any atom is 0.186 e. The molecule has 3 nitrogen and oxygen atoms in total. The Morgan fingerprint density at radius 1 is 1.37 bits per heavy atom. The lowest BCUT2D eigenvalue weighted by Gasteiger charge is -2.33. The standard InChI is InChI=1S/C15H21N3S/c1-10-4-3-5-12(8-10)18(2)15-17-13-7-6-11(16)9-14(13)19-15/h6-7,9-10,12H,3-5,8,16H2,1-2H3. The summed E-state index contributed by atoms with van der Waals surface area (Å²) in [7, 11) is 2.18. The number of nitrogens with two attached hydrogens (primary N) is 1. The summed E-state index contributed by atoms with van der Waals surface area (Å²) in [5.41, 5.74) is 7.71. The van der Waals surface area contributed by atoms with Crippen molar-refractivity contribution in [3.05, 3.63) is 18.2 Å². The van der Waals surface area contributed by atoms with E-state index in [1.54, 1.807) is 11.3 Å². The third-order valence-corrected chi connectivity index (χ3v) is 5.27. The van der Waals surface area contributed by atoms with Gasteiger partial charge in [-0.05, 0) is 37.0 Å². The molecule has 4 heteroatoms. The lowest BCUT2D eigenvalue weighted by Crippen LogP contribution is -2.35. The Kier molecular flexibility index (Phi) is 3.35. The molecular formula is C15H21N3S. The Hall–Kier alpha value is -1.29. The number of aromatic nitrogens is 1. The largest absolute Gasteiger partial charge is 0.399 e. The van der Waals surface area contributed by atoms with E-state index in [0.29, 0.717) is 6.04 Å². The van der Waals surface area contributed by atoms with Crippen LogP contribution in [0.1, 0.15) is 32.6 Å². The number of hydrogen-bond acceptors (Lipinski definition) is 4. The average molecular weight is 275 g/mol. The van der Waals surface area contributed by atoms with Crippen LogP contribution in [0.3, 0.4) is 0 Å². The van der Waals surface area contributed by atoms with Crippen molar-refractivity contribution >= 4 is 32.4 Å². The molecule has 0 amide bonds. The fourth-order valence-electron chi connectivity index (χ4n) is 2.99. The molecule has 3 rings (SSSR count). The van der Waals surface area contributed by atoms with Crippen LogP contribution in [0.5, 0.6) is 0 Å². The predicted octanol–water partition coefficient (Wildman–Crippen LogP) is 3.89. The van der Waals surface area contributed by atoms with Crippen LogP contribution in [-0.2, 0) is 0 Å². The molecule has 2 atom stereocenters. The van der Waals surface area contributed by atoms with Gasteiger partial charge in [0.1, 0.15) is 0 Å². The Morgan fingerprint density at radius 2 is 2.21 bits per heavy atom. The highest BCUT2D eigenvalue weighted by molar-refractivity contribution is 7.22. The Morgan fingerprint density at radius 3 is 3.00 bits per heavy atom. The zero-order chi connectivity index (χ0) is 13.4. The average Bonchev–Trinajstić information content (AvgIpc) is 2.80. The minimum absolute atomic E-state index is 0.640. The molecule has 0 saturated heterocycles. The first-order valence-electron chi connectivity index (χ1n) is 7.02. The number of nitrogens with zero attached hydrogens (tertiary/aromatic N) is 2. The fraction of sp³-hybridized carbons (Fsp3) is 0.533. The van der Waals surface area contributed by atoms with E-state index in [4.69, 9.17) is 10.7 Å². The van der Waals surface area contributed by atoms with Crippen molar-refractivity contribution < 1.29 is 0 Å². The van der Waals surface area contributed by atoms with Gasteiger partial charge in [-0.1, -0.05) is 31.1 Å². The minimum atomic E-state index is 0.640. The summed E-state index contributed by atoms with van der Waals surface area (Å²) >= 11 is 1.75. The minimum Gasteiger partial charge on any atom is -0.399 e. The molecule has 102 valence electrons. The highest BCUT2D eigenvalue weighted by atomic mass is 32.1. The maximum atomic E-state index is 5.84. The maximum absolute atomic E-state index is 5.84. The fourth-order valence-corrected chi connectivity index (χ4v) is 4.04. The summed E-state index contributed by atoms with van der Waals surface area (Å²) < 4.78 is 1.19. The number of nitrogen functional groups attached to an aromatic ring is 1. The number of hydrogen-bond donors (Lipinski definition) is 1. The molecule has 1 heterocycles. The lowest BCUT2D eigenvalue weighted by atomic mass is 9.86. The van der Waals surface area contributed by atoms with Gasteiger partial charge in [0.25, 0.3) is 0 Å². The van der Waals surface area contributed by atoms with E-state index in [9.17, 15) is 0 Å². The van der Waals surface area contributed by atoms with Gasteiger partial charge in [0, 0.05) is 18.8 Å². The zero-order valence-electron chi connectivity index (χ0n) is 11.6. The van der Waals surface area contributed by atoms with E-state index >= 15 is 0 Å². The third-order valence-electron chi connectivity index (χ3n) is 4.16. The lowest BCUT2D eigenvalue weighted by molar-refractivity contribution is 0.336. The van der Waals surface area contributed by atoms with Crippen molar-refractivity contribution in [1.82, 2.24) is 4.98 Å². The van der Waals surface area contributed by atoms with Gasteiger partial charge in [-0.15, -0.1) is 0 Å². The summed E-state index contributed by atoms with van der Waals surface area (Å²) in [5, 5.41) is 1.12.